The van der Waals surface area contributed by atoms with Crippen molar-refractivity contribution in [2.45, 2.75) is 13.0 Å². The lowest BCUT2D eigenvalue weighted by Gasteiger charge is -2.06. The molecule has 0 bridgehead atoms. The molecule has 0 saturated carbocycles. The summed E-state index contributed by atoms with van der Waals surface area (Å²) in [5.41, 5.74) is 2.20. The number of aromatic carboxylic acids is 1. The quantitative estimate of drug-likeness (QED) is 0.754. The highest BCUT2D eigenvalue weighted by Gasteiger charge is 2.22. The molecule has 0 aliphatic carbocycles. The van der Waals surface area contributed by atoms with Crippen molar-refractivity contribution in [1.82, 2.24) is 9.55 Å². The minimum absolute atomic E-state index is 0.110. The van der Waals surface area contributed by atoms with Crippen molar-refractivity contribution >= 4 is 28.5 Å². The molecule has 1 aromatic heterocycles. The lowest BCUT2D eigenvalue weighted by atomic mass is 10.1. The molecule has 7 heteroatoms. The Bertz CT molecular complexity index is 1210. The number of ether oxygens (including phenoxy) is 2. The molecule has 0 atom stereocenters. The third-order valence-electron chi connectivity index (χ3n) is 4.83. The van der Waals surface area contributed by atoms with Gasteiger partial charge in [-0.05, 0) is 54.0 Å². The molecule has 7 nitrogen and oxygen atoms in total. The SMILES string of the molecule is O=C(O)c1ccc2c(=O)n3c(nc2c1)/C(=C/c1ccc2c(c1)OCO2)CC3. The van der Waals surface area contributed by atoms with Crippen molar-refractivity contribution < 1.29 is 19.4 Å². The van der Waals surface area contributed by atoms with E-state index in [4.69, 9.17) is 9.47 Å². The lowest BCUT2D eigenvalue weighted by Crippen LogP contribution is -2.20. The largest absolute Gasteiger partial charge is 0.478 e. The Morgan fingerprint density at radius 2 is 2.00 bits per heavy atom. The van der Waals surface area contributed by atoms with Crippen molar-refractivity contribution in [2.24, 2.45) is 0 Å². The van der Waals surface area contributed by atoms with Gasteiger partial charge in [-0.3, -0.25) is 9.36 Å². The molecule has 2 aromatic carbocycles. The van der Waals surface area contributed by atoms with Gasteiger partial charge in [-0.15, -0.1) is 0 Å². The number of fused-ring (bicyclic) bond motifs is 3. The second-order valence-corrected chi connectivity index (χ2v) is 6.46. The van der Waals surface area contributed by atoms with Gasteiger partial charge in [0.15, 0.2) is 11.5 Å². The van der Waals surface area contributed by atoms with E-state index in [-0.39, 0.29) is 17.9 Å². The molecule has 27 heavy (non-hydrogen) atoms. The molecule has 0 fully saturated rings. The Morgan fingerprint density at radius 3 is 2.85 bits per heavy atom. The Labute approximate surface area is 153 Å². The number of aromatic nitrogens is 2. The van der Waals surface area contributed by atoms with Gasteiger partial charge in [0.1, 0.15) is 5.82 Å². The van der Waals surface area contributed by atoms with Gasteiger partial charge in [0.05, 0.1) is 16.5 Å². The van der Waals surface area contributed by atoms with E-state index in [0.29, 0.717) is 41.2 Å². The van der Waals surface area contributed by atoms with Crippen LogP contribution in [0, 0.1) is 0 Å². The number of carboxylic acids is 1. The van der Waals surface area contributed by atoms with Gasteiger partial charge in [0.25, 0.3) is 5.56 Å². The highest BCUT2D eigenvalue weighted by Crippen LogP contribution is 2.34. The van der Waals surface area contributed by atoms with E-state index in [2.05, 4.69) is 4.98 Å². The zero-order valence-corrected chi connectivity index (χ0v) is 14.1. The smallest absolute Gasteiger partial charge is 0.335 e. The van der Waals surface area contributed by atoms with Crippen LogP contribution in [0.15, 0.2) is 41.2 Å². The van der Waals surface area contributed by atoms with Crippen molar-refractivity contribution in [3.63, 3.8) is 0 Å². The number of allylic oxidation sites excluding steroid dienone is 1. The van der Waals surface area contributed by atoms with Crippen molar-refractivity contribution in [1.29, 1.82) is 0 Å². The van der Waals surface area contributed by atoms with Crippen molar-refractivity contribution in [3.8, 4) is 11.5 Å². The van der Waals surface area contributed by atoms with Gasteiger partial charge in [0, 0.05) is 6.54 Å². The fourth-order valence-corrected chi connectivity index (χ4v) is 3.49. The van der Waals surface area contributed by atoms with Crippen LogP contribution in [-0.4, -0.2) is 27.4 Å². The predicted octanol–water partition coefficient (Wildman–Crippen LogP) is 2.77. The van der Waals surface area contributed by atoms with Crippen LogP contribution in [-0.2, 0) is 6.54 Å². The second-order valence-electron chi connectivity index (χ2n) is 6.46. The molecule has 0 radical (unpaired) electrons. The lowest BCUT2D eigenvalue weighted by molar-refractivity contribution is 0.0697. The van der Waals surface area contributed by atoms with E-state index >= 15 is 0 Å². The summed E-state index contributed by atoms with van der Waals surface area (Å²) in [6.45, 7) is 0.765. The number of rotatable bonds is 2. The number of carbonyl (C=O) groups is 1. The van der Waals surface area contributed by atoms with Crippen LogP contribution in [0.25, 0.3) is 22.6 Å². The second kappa shape index (κ2) is 5.70. The molecule has 0 spiro atoms. The van der Waals surface area contributed by atoms with Gasteiger partial charge in [-0.2, -0.15) is 0 Å². The minimum Gasteiger partial charge on any atom is -0.478 e. The first-order valence-corrected chi connectivity index (χ1v) is 8.49. The number of benzene rings is 2. The Balaban J connectivity index is 1.64. The van der Waals surface area contributed by atoms with Gasteiger partial charge in [0.2, 0.25) is 6.79 Å². The van der Waals surface area contributed by atoms with E-state index in [1.54, 1.807) is 4.57 Å². The summed E-state index contributed by atoms with van der Waals surface area (Å²) in [4.78, 5) is 28.6. The fraction of sp³-hybridized carbons (Fsp3) is 0.150. The zero-order chi connectivity index (χ0) is 18.5. The molecule has 2 aliphatic heterocycles. The summed E-state index contributed by atoms with van der Waals surface area (Å²) < 4.78 is 12.4. The molecular formula is C20H14N2O5. The fourth-order valence-electron chi connectivity index (χ4n) is 3.49. The first kappa shape index (κ1) is 15.6. The maximum absolute atomic E-state index is 12.8. The highest BCUT2D eigenvalue weighted by atomic mass is 16.7. The van der Waals surface area contributed by atoms with E-state index in [1.807, 2.05) is 24.3 Å². The summed E-state index contributed by atoms with van der Waals surface area (Å²) >= 11 is 0. The monoisotopic (exact) mass is 362 g/mol. The Morgan fingerprint density at radius 1 is 1.15 bits per heavy atom. The van der Waals surface area contributed by atoms with Crippen LogP contribution in [0.2, 0.25) is 0 Å². The molecule has 134 valence electrons. The first-order valence-electron chi connectivity index (χ1n) is 8.49. The van der Waals surface area contributed by atoms with Crippen molar-refractivity contribution in [2.75, 3.05) is 6.79 Å². The van der Waals surface area contributed by atoms with E-state index in [1.165, 1.54) is 18.2 Å². The van der Waals surface area contributed by atoms with Crippen LogP contribution in [0.5, 0.6) is 11.5 Å². The van der Waals surface area contributed by atoms with Gasteiger partial charge in [-0.1, -0.05) is 6.07 Å². The molecule has 0 amide bonds. The van der Waals surface area contributed by atoms with Crippen molar-refractivity contribution in [3.05, 3.63) is 63.7 Å². The first-order chi connectivity index (χ1) is 13.1. The molecule has 3 aromatic rings. The average molecular weight is 362 g/mol. The van der Waals surface area contributed by atoms with Crippen LogP contribution in [0.4, 0.5) is 0 Å². The predicted molar refractivity (Wildman–Crippen MR) is 98.0 cm³/mol. The third-order valence-corrected chi connectivity index (χ3v) is 4.83. The molecule has 5 rings (SSSR count). The summed E-state index contributed by atoms with van der Waals surface area (Å²) in [7, 11) is 0. The summed E-state index contributed by atoms with van der Waals surface area (Å²) in [5, 5.41) is 9.61. The molecule has 0 unspecified atom stereocenters. The van der Waals surface area contributed by atoms with Gasteiger partial charge in [-0.25, -0.2) is 9.78 Å². The van der Waals surface area contributed by atoms with E-state index in [9.17, 15) is 14.7 Å². The number of hydrogen-bond acceptors (Lipinski definition) is 5. The maximum atomic E-state index is 12.8. The summed E-state index contributed by atoms with van der Waals surface area (Å²) in [5.74, 6) is 0.936. The van der Waals surface area contributed by atoms with Crippen LogP contribution >= 0.6 is 0 Å². The molecular weight excluding hydrogens is 348 g/mol. The standard InChI is InChI=1S/C20H14N2O5/c23-19-14-3-2-13(20(24)25)9-15(14)21-18-12(5-6-22(18)19)7-11-1-4-16-17(8-11)27-10-26-16/h1-4,7-9H,5-6,10H2,(H,24,25)/b12-7+. The molecule has 0 saturated heterocycles. The summed E-state index contributed by atoms with van der Waals surface area (Å²) in [6, 6.07) is 10.1. The molecule has 2 aliphatic rings. The Hall–Kier alpha value is -3.61. The number of carboxylic acid groups (broad SMARTS) is 1. The zero-order valence-electron chi connectivity index (χ0n) is 14.1. The molecule has 3 heterocycles. The van der Waals surface area contributed by atoms with Crippen LogP contribution in [0.3, 0.4) is 0 Å². The molecule has 1 N–H and O–H groups in total. The van der Waals surface area contributed by atoms with Gasteiger partial charge < -0.3 is 14.6 Å². The number of hydrogen-bond donors (Lipinski definition) is 1. The number of nitrogens with zero attached hydrogens (tertiary/aromatic N) is 2. The van der Waals surface area contributed by atoms with Crippen LogP contribution < -0.4 is 15.0 Å². The minimum atomic E-state index is -1.05. The van der Waals surface area contributed by atoms with E-state index < -0.39 is 5.97 Å². The van der Waals surface area contributed by atoms with E-state index in [0.717, 1.165) is 11.1 Å². The normalized spacial score (nSPS) is 16.1. The Kier molecular flexibility index (Phi) is 3.30. The summed E-state index contributed by atoms with van der Waals surface area (Å²) in [6.07, 6.45) is 2.65. The van der Waals surface area contributed by atoms with Gasteiger partial charge >= 0.3 is 5.97 Å². The van der Waals surface area contributed by atoms with Crippen LogP contribution in [0.1, 0.15) is 28.2 Å². The average Bonchev–Trinajstić information content (AvgIpc) is 3.28. The topological polar surface area (TPSA) is 90.7 Å². The highest BCUT2D eigenvalue weighted by molar-refractivity contribution is 5.93. The third kappa shape index (κ3) is 2.47. The maximum Gasteiger partial charge on any atom is 0.335 e.